The summed E-state index contributed by atoms with van der Waals surface area (Å²) in [6.45, 7) is 0.581. The van der Waals surface area contributed by atoms with Crippen molar-refractivity contribution in [1.82, 2.24) is 24.8 Å². The highest BCUT2D eigenvalue weighted by Gasteiger charge is 2.23. The molecule has 1 aromatic carbocycles. The number of thioether (sulfide) groups is 1. The second kappa shape index (κ2) is 7.92. The van der Waals surface area contributed by atoms with Crippen LogP contribution in [0.4, 0.5) is 0 Å². The van der Waals surface area contributed by atoms with Gasteiger partial charge in [0.05, 0.1) is 24.3 Å². The minimum Gasteiger partial charge on any atom is -0.346 e. The molecule has 2 heterocycles. The number of aromatic nitrogens is 5. The lowest BCUT2D eigenvalue weighted by Crippen LogP contribution is -2.10. The predicted octanol–water partition coefficient (Wildman–Crippen LogP) is 3.63. The third-order valence-corrected chi connectivity index (χ3v) is 5.95. The fourth-order valence-electron chi connectivity index (χ4n) is 3.69. The lowest BCUT2D eigenvalue weighted by molar-refractivity contribution is 0.102. The first-order chi connectivity index (χ1) is 13.3. The van der Waals surface area contributed by atoms with E-state index < -0.39 is 0 Å². The summed E-state index contributed by atoms with van der Waals surface area (Å²) in [5, 5.41) is 22.5. The molecular formula is C19H20N6OS. The summed E-state index contributed by atoms with van der Waals surface area (Å²) in [4.78, 5) is 12.9. The minimum atomic E-state index is 0.0490. The highest BCUT2D eigenvalue weighted by molar-refractivity contribution is 7.99. The van der Waals surface area contributed by atoms with Gasteiger partial charge in [-0.25, -0.2) is 4.68 Å². The second-order valence-electron chi connectivity index (χ2n) is 6.72. The number of ketones is 1. The Labute approximate surface area is 161 Å². The average molecular weight is 380 g/mol. The summed E-state index contributed by atoms with van der Waals surface area (Å²) < 4.78 is 3.86. The number of fused-ring (bicyclic) bond motifs is 1. The molecule has 2 aromatic heterocycles. The number of benzene rings is 1. The Hall–Kier alpha value is -2.66. The quantitative estimate of drug-likeness (QED) is 0.459. The van der Waals surface area contributed by atoms with Gasteiger partial charge in [-0.3, -0.25) is 4.79 Å². The zero-order valence-electron chi connectivity index (χ0n) is 14.9. The van der Waals surface area contributed by atoms with Crippen molar-refractivity contribution in [3.05, 3.63) is 36.0 Å². The number of rotatable bonds is 7. The van der Waals surface area contributed by atoms with Crippen LogP contribution in [0.1, 0.15) is 48.5 Å². The summed E-state index contributed by atoms with van der Waals surface area (Å²) in [6, 6.07) is 10.3. The van der Waals surface area contributed by atoms with Crippen LogP contribution < -0.4 is 0 Å². The van der Waals surface area contributed by atoms with Gasteiger partial charge < -0.3 is 4.57 Å². The molecule has 8 heteroatoms. The van der Waals surface area contributed by atoms with E-state index in [0.717, 1.165) is 23.7 Å². The van der Waals surface area contributed by atoms with Crippen LogP contribution in [0.2, 0.25) is 0 Å². The highest BCUT2D eigenvalue weighted by atomic mass is 32.2. The van der Waals surface area contributed by atoms with Crippen LogP contribution in [0.15, 0.2) is 35.6 Å². The van der Waals surface area contributed by atoms with Crippen LogP contribution in [-0.2, 0) is 6.54 Å². The number of carbonyl (C=O) groups is 1. The normalized spacial score (nSPS) is 14.6. The number of Topliss-reactive ketones (excluding diaryl/α,β-unsaturated/α-hetero) is 1. The molecule has 0 N–H and O–H groups in total. The number of hydrogen-bond acceptors (Lipinski definition) is 6. The third-order valence-electron chi connectivity index (χ3n) is 5.02. The van der Waals surface area contributed by atoms with Crippen molar-refractivity contribution in [3.63, 3.8) is 0 Å². The number of tetrazole rings is 1. The summed E-state index contributed by atoms with van der Waals surface area (Å²) in [7, 11) is 0. The van der Waals surface area contributed by atoms with E-state index >= 15 is 0 Å². The van der Waals surface area contributed by atoms with Crippen LogP contribution in [-0.4, -0.2) is 36.3 Å². The molecule has 7 nitrogen and oxygen atoms in total. The molecule has 3 aromatic rings. The second-order valence-corrected chi connectivity index (χ2v) is 7.66. The molecule has 4 rings (SSSR count). The van der Waals surface area contributed by atoms with E-state index in [1.165, 1.54) is 24.6 Å². The number of carbonyl (C=O) groups excluding carboxylic acids is 1. The monoisotopic (exact) mass is 380 g/mol. The maximum absolute atomic E-state index is 12.9. The van der Waals surface area contributed by atoms with Crippen molar-refractivity contribution < 1.29 is 4.79 Å². The van der Waals surface area contributed by atoms with Crippen LogP contribution in [0.3, 0.4) is 0 Å². The maximum atomic E-state index is 12.9. The van der Waals surface area contributed by atoms with E-state index in [1.807, 2.05) is 39.7 Å². The van der Waals surface area contributed by atoms with Crippen molar-refractivity contribution in [2.45, 2.75) is 49.8 Å². The Morgan fingerprint density at radius 3 is 2.93 bits per heavy atom. The number of para-hydroxylation sites is 1. The van der Waals surface area contributed by atoms with Crippen LogP contribution >= 0.6 is 11.8 Å². The molecule has 1 aliphatic rings. The van der Waals surface area contributed by atoms with Gasteiger partial charge in [0.1, 0.15) is 0 Å². The summed E-state index contributed by atoms with van der Waals surface area (Å²) in [5.74, 6) is 0.340. The lowest BCUT2D eigenvalue weighted by Gasteiger charge is -2.10. The molecule has 0 radical (unpaired) electrons. The lowest BCUT2D eigenvalue weighted by atomic mass is 10.1. The third kappa shape index (κ3) is 3.60. The van der Waals surface area contributed by atoms with Crippen LogP contribution in [0, 0.1) is 11.3 Å². The Balaban J connectivity index is 1.52. The molecule has 0 spiro atoms. The first-order valence-electron chi connectivity index (χ1n) is 9.16. The molecular weight excluding hydrogens is 360 g/mol. The van der Waals surface area contributed by atoms with Crippen molar-refractivity contribution in [2.75, 3.05) is 5.75 Å². The van der Waals surface area contributed by atoms with Crippen molar-refractivity contribution in [2.24, 2.45) is 0 Å². The Kier molecular flexibility index (Phi) is 5.21. The van der Waals surface area contributed by atoms with Gasteiger partial charge in [0.2, 0.25) is 5.16 Å². The molecule has 0 bridgehead atoms. The molecule has 138 valence electrons. The van der Waals surface area contributed by atoms with Crippen LogP contribution in [0.5, 0.6) is 0 Å². The molecule has 0 amide bonds. The van der Waals surface area contributed by atoms with Gasteiger partial charge in [0.15, 0.2) is 5.78 Å². The van der Waals surface area contributed by atoms with Crippen molar-refractivity contribution in [3.8, 4) is 6.07 Å². The Bertz CT molecular complexity index is 995. The fourth-order valence-corrected chi connectivity index (χ4v) is 4.52. The molecule has 27 heavy (non-hydrogen) atoms. The SMILES string of the molecule is N#CCCn1cc(C(=O)CSc2nnnn2C2CCCC2)c2ccccc21. The summed E-state index contributed by atoms with van der Waals surface area (Å²) in [6.07, 6.45) is 6.88. The molecule has 0 saturated heterocycles. The van der Waals surface area contributed by atoms with Gasteiger partial charge in [-0.15, -0.1) is 5.10 Å². The van der Waals surface area contributed by atoms with E-state index in [-0.39, 0.29) is 5.78 Å². The first-order valence-corrected chi connectivity index (χ1v) is 10.1. The van der Waals surface area contributed by atoms with Crippen molar-refractivity contribution in [1.29, 1.82) is 5.26 Å². The van der Waals surface area contributed by atoms with E-state index in [2.05, 4.69) is 21.6 Å². The minimum absolute atomic E-state index is 0.0490. The molecule has 0 atom stereocenters. The Morgan fingerprint density at radius 2 is 2.11 bits per heavy atom. The van der Waals surface area contributed by atoms with Gasteiger partial charge in [-0.2, -0.15) is 5.26 Å². The standard InChI is InChI=1S/C19H20N6OS/c20-10-5-11-24-12-16(15-8-3-4-9-17(15)24)18(26)13-27-19-21-22-23-25(19)14-6-1-2-7-14/h3-4,8-9,12,14H,1-2,5-7,11,13H2. The largest absolute Gasteiger partial charge is 0.346 e. The smallest absolute Gasteiger partial charge is 0.210 e. The molecule has 1 aliphatic carbocycles. The number of nitrogens with zero attached hydrogens (tertiary/aromatic N) is 6. The Morgan fingerprint density at radius 1 is 1.30 bits per heavy atom. The number of hydrogen-bond donors (Lipinski definition) is 0. The molecule has 1 fully saturated rings. The zero-order chi connectivity index (χ0) is 18.6. The van der Waals surface area contributed by atoms with Crippen molar-refractivity contribution >= 4 is 28.4 Å². The average Bonchev–Trinajstić information content (AvgIpc) is 3.43. The van der Waals surface area contributed by atoms with Gasteiger partial charge in [-0.1, -0.05) is 42.8 Å². The topological polar surface area (TPSA) is 89.4 Å². The number of aryl methyl sites for hydroxylation is 1. The fraction of sp³-hybridized carbons (Fsp3) is 0.421. The van der Waals surface area contributed by atoms with Gasteiger partial charge in [-0.05, 0) is 29.3 Å². The van der Waals surface area contributed by atoms with E-state index in [0.29, 0.717) is 35.5 Å². The molecule has 0 unspecified atom stereocenters. The van der Waals surface area contributed by atoms with E-state index in [1.54, 1.807) is 0 Å². The molecule has 0 aliphatic heterocycles. The number of nitriles is 1. The van der Waals surface area contributed by atoms with Gasteiger partial charge in [0.25, 0.3) is 0 Å². The maximum Gasteiger partial charge on any atom is 0.210 e. The summed E-state index contributed by atoms with van der Waals surface area (Å²) in [5.41, 5.74) is 1.67. The van der Waals surface area contributed by atoms with E-state index in [4.69, 9.17) is 5.26 Å². The van der Waals surface area contributed by atoms with Gasteiger partial charge in [0, 0.05) is 29.2 Å². The predicted molar refractivity (Wildman–Crippen MR) is 103 cm³/mol. The molecule has 1 saturated carbocycles. The van der Waals surface area contributed by atoms with Crippen LogP contribution in [0.25, 0.3) is 10.9 Å². The summed E-state index contributed by atoms with van der Waals surface area (Å²) >= 11 is 1.39. The first kappa shape index (κ1) is 17.7. The highest BCUT2D eigenvalue weighted by Crippen LogP contribution is 2.32. The zero-order valence-corrected chi connectivity index (χ0v) is 15.7. The van der Waals surface area contributed by atoms with Gasteiger partial charge >= 0.3 is 0 Å². The van der Waals surface area contributed by atoms with E-state index in [9.17, 15) is 4.79 Å².